The fourth-order valence-electron chi connectivity index (χ4n) is 2.91. The van der Waals surface area contributed by atoms with Crippen molar-refractivity contribution < 1.29 is 44.0 Å². The number of quaternary nitrogens is 2. The molecular weight excluding hydrogens is 347 g/mol. The zero-order valence-corrected chi connectivity index (χ0v) is 18.0. The Hall–Kier alpha value is 0.420. The van der Waals surface area contributed by atoms with Crippen LogP contribution in [0.3, 0.4) is 0 Å². The molecule has 0 aromatic rings. The average Bonchev–Trinajstić information content (AvgIpc) is 2.40. The van der Waals surface area contributed by atoms with E-state index >= 15 is 0 Å². The summed E-state index contributed by atoms with van der Waals surface area (Å²) in [6.45, 7) is 4.68. The van der Waals surface area contributed by atoms with Crippen LogP contribution in [0.1, 0.15) is 51.4 Å². The third-order valence-electron chi connectivity index (χ3n) is 4.69. The van der Waals surface area contributed by atoms with Crippen molar-refractivity contribution >= 4 is 0 Å². The molecule has 0 aliphatic heterocycles. The van der Waals surface area contributed by atoms with Crippen molar-refractivity contribution in [2.75, 3.05) is 67.6 Å². The highest BCUT2D eigenvalue weighted by atomic mass is 35.5. The lowest BCUT2D eigenvalue weighted by atomic mass is 10.1. The van der Waals surface area contributed by atoms with Crippen LogP contribution in [-0.2, 0) is 0 Å². The summed E-state index contributed by atoms with van der Waals surface area (Å²) in [5, 5.41) is 18.0. The zero-order chi connectivity index (χ0) is 16.9. The second-order valence-electron chi connectivity index (χ2n) is 8.04. The normalized spacial score (nSPS) is 11.8. The van der Waals surface area contributed by atoms with Gasteiger partial charge in [-0.1, -0.05) is 25.7 Å². The van der Waals surface area contributed by atoms with Crippen LogP contribution >= 0.6 is 0 Å². The minimum Gasteiger partial charge on any atom is -1.00 e. The van der Waals surface area contributed by atoms with E-state index in [-0.39, 0.29) is 24.8 Å². The fraction of sp³-hybridized carbons (Fsp3) is 1.00. The van der Waals surface area contributed by atoms with Gasteiger partial charge >= 0.3 is 0 Å². The molecule has 0 bridgehead atoms. The molecule has 0 spiro atoms. The van der Waals surface area contributed by atoms with E-state index in [9.17, 15) is 0 Å². The summed E-state index contributed by atoms with van der Waals surface area (Å²) in [6, 6.07) is 0. The molecule has 0 aliphatic carbocycles. The molecule has 4 nitrogen and oxygen atoms in total. The van der Waals surface area contributed by atoms with Crippen LogP contribution in [0.2, 0.25) is 0 Å². The average molecular weight is 389 g/mol. The largest absolute Gasteiger partial charge is 1.00 e. The molecule has 0 unspecified atom stereocenters. The Morgan fingerprint density at radius 1 is 0.458 bits per heavy atom. The van der Waals surface area contributed by atoms with E-state index in [0.717, 1.165) is 22.1 Å². The van der Waals surface area contributed by atoms with Gasteiger partial charge in [-0.05, 0) is 25.7 Å². The summed E-state index contributed by atoms with van der Waals surface area (Å²) < 4.78 is 1.89. The molecule has 0 atom stereocenters. The summed E-state index contributed by atoms with van der Waals surface area (Å²) >= 11 is 0. The molecular formula is C18H42Cl2N2O2. The Morgan fingerprint density at radius 2 is 0.708 bits per heavy atom. The van der Waals surface area contributed by atoms with E-state index < -0.39 is 0 Å². The maximum atomic E-state index is 9.00. The summed E-state index contributed by atoms with van der Waals surface area (Å²) in [6.07, 6.45) is 10.6. The summed E-state index contributed by atoms with van der Waals surface area (Å²) in [5.41, 5.74) is 0. The number of likely N-dealkylation sites (N-methyl/N-ethyl adjacent to an activating group) is 2. The number of aliphatic hydroxyl groups excluding tert-OH is 2. The third kappa shape index (κ3) is 18.8. The van der Waals surface area contributed by atoms with Gasteiger partial charge in [0.1, 0.15) is 13.1 Å². The minimum atomic E-state index is 0. The standard InChI is InChI=1S/C18H42N2O2.2ClH/c1-19(2,15-17-21)13-11-9-7-5-6-8-10-12-14-20(3,4)16-18-22;;/h21-22H,5-18H2,1-4H3;2*1H/q+2;;/p-2. The first kappa shape index (κ1) is 29.2. The number of nitrogens with zero attached hydrogens (tertiary/aromatic N) is 2. The van der Waals surface area contributed by atoms with Crippen molar-refractivity contribution in [3.8, 4) is 0 Å². The van der Waals surface area contributed by atoms with E-state index in [1.807, 2.05) is 0 Å². The zero-order valence-electron chi connectivity index (χ0n) is 16.4. The number of unbranched alkanes of at least 4 members (excludes halogenated alkanes) is 7. The van der Waals surface area contributed by atoms with E-state index in [4.69, 9.17) is 10.2 Å². The Balaban J connectivity index is -0.00000220. The third-order valence-corrected chi connectivity index (χ3v) is 4.69. The van der Waals surface area contributed by atoms with Crippen LogP contribution in [0.4, 0.5) is 0 Å². The van der Waals surface area contributed by atoms with Crippen molar-refractivity contribution in [2.24, 2.45) is 0 Å². The lowest BCUT2D eigenvalue weighted by Crippen LogP contribution is -3.00. The second kappa shape index (κ2) is 16.9. The Bertz CT molecular complexity index is 239. The lowest BCUT2D eigenvalue weighted by molar-refractivity contribution is -0.890. The molecule has 0 saturated carbocycles. The maximum absolute atomic E-state index is 9.00. The van der Waals surface area contributed by atoms with E-state index in [2.05, 4.69) is 28.2 Å². The van der Waals surface area contributed by atoms with Crippen molar-refractivity contribution in [1.82, 2.24) is 0 Å². The predicted molar refractivity (Wildman–Crippen MR) is 94.8 cm³/mol. The SMILES string of the molecule is C[N+](C)(CCO)CCCCCCCCCC[N+](C)(C)CCO.[Cl-].[Cl-]. The Kier molecular flexibility index (Phi) is 20.5. The maximum Gasteiger partial charge on any atom is 0.102 e. The molecule has 0 heterocycles. The monoisotopic (exact) mass is 388 g/mol. The molecule has 150 valence electrons. The molecule has 6 heteroatoms. The van der Waals surface area contributed by atoms with Gasteiger partial charge in [-0.25, -0.2) is 0 Å². The van der Waals surface area contributed by atoms with Crippen molar-refractivity contribution in [3.05, 3.63) is 0 Å². The second-order valence-corrected chi connectivity index (χ2v) is 8.04. The van der Waals surface area contributed by atoms with Gasteiger partial charge in [0, 0.05) is 0 Å². The quantitative estimate of drug-likeness (QED) is 0.223. The molecule has 0 amide bonds. The van der Waals surface area contributed by atoms with Crippen LogP contribution in [0.25, 0.3) is 0 Å². The first-order chi connectivity index (χ1) is 10.3. The van der Waals surface area contributed by atoms with E-state index in [1.165, 1.54) is 64.5 Å². The van der Waals surface area contributed by atoms with Gasteiger partial charge in [0.2, 0.25) is 0 Å². The molecule has 2 N–H and O–H groups in total. The van der Waals surface area contributed by atoms with Gasteiger partial charge in [-0.3, -0.25) is 0 Å². The minimum absolute atomic E-state index is 0. The van der Waals surface area contributed by atoms with Gasteiger partial charge in [0.05, 0.1) is 54.5 Å². The summed E-state index contributed by atoms with van der Waals surface area (Å²) in [7, 11) is 8.81. The Labute approximate surface area is 163 Å². The molecule has 0 saturated heterocycles. The highest BCUT2D eigenvalue weighted by Gasteiger charge is 2.13. The Morgan fingerprint density at radius 3 is 0.958 bits per heavy atom. The van der Waals surface area contributed by atoms with Crippen molar-refractivity contribution in [2.45, 2.75) is 51.4 Å². The van der Waals surface area contributed by atoms with Gasteiger partial charge in [0.25, 0.3) is 0 Å². The number of halogens is 2. The van der Waals surface area contributed by atoms with Crippen LogP contribution in [0, 0.1) is 0 Å². The van der Waals surface area contributed by atoms with Crippen LogP contribution in [-0.4, -0.2) is 86.8 Å². The molecule has 24 heavy (non-hydrogen) atoms. The summed E-state index contributed by atoms with van der Waals surface area (Å²) in [4.78, 5) is 0. The van der Waals surface area contributed by atoms with Crippen molar-refractivity contribution in [3.63, 3.8) is 0 Å². The topological polar surface area (TPSA) is 40.5 Å². The summed E-state index contributed by atoms with van der Waals surface area (Å²) in [5.74, 6) is 0. The van der Waals surface area contributed by atoms with Gasteiger partial charge in [-0.15, -0.1) is 0 Å². The van der Waals surface area contributed by atoms with Crippen LogP contribution in [0.5, 0.6) is 0 Å². The number of hydrogen-bond donors (Lipinski definition) is 2. The van der Waals surface area contributed by atoms with E-state index in [1.54, 1.807) is 0 Å². The van der Waals surface area contributed by atoms with Crippen molar-refractivity contribution in [1.29, 1.82) is 0 Å². The first-order valence-electron chi connectivity index (χ1n) is 9.19. The number of aliphatic hydroxyl groups is 2. The fourth-order valence-corrected chi connectivity index (χ4v) is 2.91. The van der Waals surface area contributed by atoms with Gasteiger partial charge in [0.15, 0.2) is 0 Å². The molecule has 0 fully saturated rings. The van der Waals surface area contributed by atoms with Gasteiger partial charge in [-0.2, -0.15) is 0 Å². The molecule has 0 aliphatic rings. The van der Waals surface area contributed by atoms with E-state index in [0.29, 0.717) is 13.2 Å². The van der Waals surface area contributed by atoms with Crippen LogP contribution in [0.15, 0.2) is 0 Å². The molecule has 0 radical (unpaired) electrons. The van der Waals surface area contributed by atoms with Crippen LogP contribution < -0.4 is 24.8 Å². The molecule has 0 rings (SSSR count). The number of hydrogen-bond acceptors (Lipinski definition) is 2. The highest BCUT2D eigenvalue weighted by molar-refractivity contribution is 4.48. The first-order valence-corrected chi connectivity index (χ1v) is 9.19. The predicted octanol–water partition coefficient (Wildman–Crippen LogP) is -3.75. The molecule has 0 aromatic carbocycles. The highest BCUT2D eigenvalue weighted by Crippen LogP contribution is 2.11. The number of rotatable bonds is 15. The molecule has 0 aromatic heterocycles. The lowest BCUT2D eigenvalue weighted by Gasteiger charge is -2.29. The van der Waals surface area contributed by atoms with Gasteiger partial charge < -0.3 is 44.0 Å². The smallest absolute Gasteiger partial charge is 0.102 e.